The number of rotatable bonds is 3. The molecule has 10 aromatic rings. The molecule has 0 atom stereocenters. The fourth-order valence-electron chi connectivity index (χ4n) is 6.81. The first-order chi connectivity index (χ1) is 22.3. The molecule has 0 bridgehead atoms. The highest BCUT2D eigenvalue weighted by atomic mass is 16.3. The molecule has 0 amide bonds. The average molecular weight is 578 g/mol. The molecule has 0 spiro atoms. The number of nitrogens with zero attached hydrogens (tertiary/aromatic N) is 3. The maximum absolute atomic E-state index is 6.50. The fraction of sp³-hybridized carbons (Fsp3) is 0. The smallest absolute Gasteiger partial charge is 0.180 e. The molecule has 0 radical (unpaired) electrons. The Bertz CT molecular complexity index is 2770. The molecule has 0 saturated carbocycles. The minimum absolute atomic E-state index is 0.648. The van der Waals surface area contributed by atoms with Crippen molar-refractivity contribution in [3.05, 3.63) is 140 Å². The maximum atomic E-state index is 6.50. The van der Waals surface area contributed by atoms with Crippen LogP contribution in [-0.2, 0) is 0 Å². The van der Waals surface area contributed by atoms with Crippen LogP contribution in [0.25, 0.3) is 94.1 Å². The van der Waals surface area contributed by atoms with Crippen LogP contribution >= 0.6 is 0 Å². The molecule has 0 saturated heterocycles. The molecule has 4 heterocycles. The van der Waals surface area contributed by atoms with Gasteiger partial charge in [-0.3, -0.25) is 0 Å². The van der Waals surface area contributed by atoms with Gasteiger partial charge in [0.25, 0.3) is 0 Å². The van der Waals surface area contributed by atoms with Crippen LogP contribution in [0.2, 0.25) is 0 Å². The Morgan fingerprint density at radius 1 is 0.467 bits per heavy atom. The van der Waals surface area contributed by atoms with Crippen LogP contribution in [0.4, 0.5) is 0 Å². The van der Waals surface area contributed by atoms with Crippen LogP contribution in [0.15, 0.2) is 148 Å². The van der Waals surface area contributed by atoms with Gasteiger partial charge in [0, 0.05) is 38.4 Å². The zero-order valence-electron chi connectivity index (χ0n) is 23.9. The topological polar surface area (TPSA) is 57.0 Å². The number of hydrogen-bond donors (Lipinski definition) is 0. The molecule has 10 rings (SSSR count). The van der Waals surface area contributed by atoms with E-state index in [1.807, 2.05) is 48.5 Å². The highest BCUT2D eigenvalue weighted by Gasteiger charge is 2.21. The van der Waals surface area contributed by atoms with Crippen LogP contribution in [0.1, 0.15) is 0 Å². The molecular formula is C40H23N3O2. The third-order valence-electron chi connectivity index (χ3n) is 8.81. The van der Waals surface area contributed by atoms with Gasteiger partial charge in [0.15, 0.2) is 11.4 Å². The van der Waals surface area contributed by atoms with Gasteiger partial charge in [-0.1, -0.05) is 91.0 Å². The molecule has 0 N–H and O–H groups in total. The Balaban J connectivity index is 1.23. The quantitative estimate of drug-likeness (QED) is 0.210. The Kier molecular flexibility index (Phi) is 4.93. The lowest BCUT2D eigenvalue weighted by molar-refractivity contribution is 0.667. The van der Waals surface area contributed by atoms with Crippen molar-refractivity contribution in [3.63, 3.8) is 0 Å². The lowest BCUT2D eigenvalue weighted by atomic mass is 10.1. The molecule has 0 unspecified atom stereocenters. The molecular weight excluding hydrogens is 554 g/mol. The minimum atomic E-state index is 0.648. The van der Waals surface area contributed by atoms with Gasteiger partial charge in [0.1, 0.15) is 28.0 Å². The molecule has 45 heavy (non-hydrogen) atoms. The zero-order chi connectivity index (χ0) is 29.5. The van der Waals surface area contributed by atoms with Gasteiger partial charge >= 0.3 is 0 Å². The molecule has 6 aromatic carbocycles. The number of furan rings is 2. The van der Waals surface area contributed by atoms with E-state index >= 15 is 0 Å². The second kappa shape index (κ2) is 9.15. The van der Waals surface area contributed by atoms with Gasteiger partial charge in [0.05, 0.1) is 16.4 Å². The Morgan fingerprint density at radius 3 is 2.02 bits per heavy atom. The molecule has 0 aliphatic heterocycles. The first-order valence-corrected chi connectivity index (χ1v) is 15.0. The fourth-order valence-corrected chi connectivity index (χ4v) is 6.81. The van der Waals surface area contributed by atoms with Gasteiger partial charge in [-0.05, 0) is 48.5 Å². The van der Waals surface area contributed by atoms with E-state index in [2.05, 4.69) is 95.6 Å². The first-order valence-electron chi connectivity index (χ1n) is 15.0. The molecule has 4 aromatic heterocycles. The van der Waals surface area contributed by atoms with E-state index < -0.39 is 0 Å². The van der Waals surface area contributed by atoms with E-state index in [4.69, 9.17) is 18.8 Å². The SMILES string of the molecule is c1ccc(-c2nc(-c3cccc(-n4c5ccccc5c5c6oc7ccccc7c6ccc54)c3)nc3c2oc2ccccc23)cc1. The van der Waals surface area contributed by atoms with Gasteiger partial charge in [0.2, 0.25) is 0 Å². The number of para-hydroxylation sites is 3. The first kappa shape index (κ1) is 24.3. The summed E-state index contributed by atoms with van der Waals surface area (Å²) >= 11 is 0. The summed E-state index contributed by atoms with van der Waals surface area (Å²) in [6.07, 6.45) is 0. The van der Waals surface area contributed by atoms with E-state index in [1.165, 1.54) is 0 Å². The lowest BCUT2D eigenvalue weighted by Crippen LogP contribution is -1.97. The third-order valence-corrected chi connectivity index (χ3v) is 8.81. The monoisotopic (exact) mass is 577 g/mol. The summed E-state index contributed by atoms with van der Waals surface area (Å²) in [6, 6.07) is 47.8. The van der Waals surface area contributed by atoms with Gasteiger partial charge in [-0.25, -0.2) is 9.97 Å². The third kappa shape index (κ3) is 3.49. The summed E-state index contributed by atoms with van der Waals surface area (Å²) in [4.78, 5) is 10.2. The largest absolute Gasteiger partial charge is 0.455 e. The zero-order valence-corrected chi connectivity index (χ0v) is 23.9. The Hall–Kier alpha value is -6.20. The van der Waals surface area contributed by atoms with Gasteiger partial charge < -0.3 is 13.4 Å². The predicted molar refractivity (Wildman–Crippen MR) is 182 cm³/mol. The highest BCUT2D eigenvalue weighted by Crippen LogP contribution is 2.41. The highest BCUT2D eigenvalue weighted by molar-refractivity contribution is 6.23. The number of benzene rings is 6. The van der Waals surface area contributed by atoms with Crippen molar-refractivity contribution in [1.82, 2.24) is 14.5 Å². The molecule has 0 fully saturated rings. The van der Waals surface area contributed by atoms with Crippen molar-refractivity contribution in [2.75, 3.05) is 0 Å². The van der Waals surface area contributed by atoms with Crippen molar-refractivity contribution < 1.29 is 8.83 Å². The van der Waals surface area contributed by atoms with E-state index in [0.29, 0.717) is 11.4 Å². The van der Waals surface area contributed by atoms with Crippen molar-refractivity contribution in [2.24, 2.45) is 0 Å². The van der Waals surface area contributed by atoms with Crippen LogP contribution in [0.3, 0.4) is 0 Å². The van der Waals surface area contributed by atoms with Crippen LogP contribution in [-0.4, -0.2) is 14.5 Å². The second-order valence-electron chi connectivity index (χ2n) is 11.4. The van der Waals surface area contributed by atoms with Crippen LogP contribution < -0.4 is 0 Å². The summed E-state index contributed by atoms with van der Waals surface area (Å²) in [7, 11) is 0. The van der Waals surface area contributed by atoms with Gasteiger partial charge in [-0.15, -0.1) is 0 Å². The van der Waals surface area contributed by atoms with E-state index in [9.17, 15) is 0 Å². The van der Waals surface area contributed by atoms with E-state index in [-0.39, 0.29) is 0 Å². The van der Waals surface area contributed by atoms with Crippen molar-refractivity contribution >= 4 is 65.8 Å². The lowest BCUT2D eigenvalue weighted by Gasteiger charge is -2.11. The molecule has 0 aliphatic carbocycles. The summed E-state index contributed by atoms with van der Waals surface area (Å²) < 4.78 is 15.1. The van der Waals surface area contributed by atoms with E-state index in [0.717, 1.165) is 82.7 Å². The average Bonchev–Trinajstić information content (AvgIpc) is 3.78. The Morgan fingerprint density at radius 2 is 1.16 bits per heavy atom. The summed E-state index contributed by atoms with van der Waals surface area (Å²) in [5.41, 5.74) is 10.0. The summed E-state index contributed by atoms with van der Waals surface area (Å²) in [5, 5.41) is 5.48. The second-order valence-corrected chi connectivity index (χ2v) is 11.4. The predicted octanol–water partition coefficient (Wildman–Crippen LogP) is 10.7. The van der Waals surface area contributed by atoms with Crippen LogP contribution in [0, 0.1) is 0 Å². The standard InChI is InChI=1S/C40H23N3O2/c1-2-11-24(12-3-1)36-39-37(30-17-6-9-20-34(30)45-39)42-40(41-36)25-13-10-14-26(23-25)43-31-18-7-4-16-29(31)35-32(43)22-21-28-27-15-5-8-19-33(27)44-38(28)35/h1-23H. The van der Waals surface area contributed by atoms with Crippen molar-refractivity contribution in [2.45, 2.75) is 0 Å². The maximum Gasteiger partial charge on any atom is 0.180 e. The van der Waals surface area contributed by atoms with Crippen molar-refractivity contribution in [3.8, 4) is 28.3 Å². The molecule has 5 heteroatoms. The molecule has 0 aliphatic rings. The van der Waals surface area contributed by atoms with E-state index in [1.54, 1.807) is 0 Å². The summed E-state index contributed by atoms with van der Waals surface area (Å²) in [5.74, 6) is 0.648. The van der Waals surface area contributed by atoms with Gasteiger partial charge in [-0.2, -0.15) is 0 Å². The number of fused-ring (bicyclic) bond motifs is 10. The van der Waals surface area contributed by atoms with Crippen molar-refractivity contribution in [1.29, 1.82) is 0 Å². The molecule has 210 valence electrons. The number of aromatic nitrogens is 3. The Labute approximate surface area is 256 Å². The normalized spacial score (nSPS) is 12.0. The summed E-state index contributed by atoms with van der Waals surface area (Å²) in [6.45, 7) is 0. The molecule has 5 nitrogen and oxygen atoms in total. The minimum Gasteiger partial charge on any atom is -0.455 e. The van der Waals surface area contributed by atoms with Crippen LogP contribution in [0.5, 0.6) is 0 Å². The number of hydrogen-bond acceptors (Lipinski definition) is 4.